The Morgan fingerprint density at radius 3 is 2.43 bits per heavy atom. The van der Waals surface area contributed by atoms with Crippen LogP contribution in [0.4, 0.5) is 0 Å². The van der Waals surface area contributed by atoms with E-state index in [4.69, 9.17) is 20.8 Å². The molecule has 0 unspecified atom stereocenters. The van der Waals surface area contributed by atoms with E-state index in [1.165, 1.54) is 41.7 Å². The third-order valence-electron chi connectivity index (χ3n) is 4.74. The Morgan fingerprint density at radius 2 is 1.77 bits per heavy atom. The normalized spacial score (nSPS) is 15.4. The minimum atomic E-state index is -3.82. The molecular formula is C20H22ClNO7S. The van der Waals surface area contributed by atoms with E-state index in [1.807, 2.05) is 0 Å². The second kappa shape index (κ2) is 9.63. The van der Waals surface area contributed by atoms with Crippen LogP contribution in [0.2, 0.25) is 5.02 Å². The molecule has 1 aromatic carbocycles. The van der Waals surface area contributed by atoms with Crippen molar-refractivity contribution in [2.45, 2.75) is 37.2 Å². The highest BCUT2D eigenvalue weighted by Gasteiger charge is 2.28. The van der Waals surface area contributed by atoms with Crippen LogP contribution in [0.25, 0.3) is 0 Å². The van der Waals surface area contributed by atoms with Crippen LogP contribution < -0.4 is 0 Å². The SMILES string of the molecule is COC(=O)c1ccc(COC(=O)c2ccc(Cl)c(S(=O)(=O)N3CCCCCC3)c2)o1. The van der Waals surface area contributed by atoms with E-state index < -0.39 is 22.0 Å². The molecule has 1 saturated heterocycles. The maximum atomic E-state index is 13.0. The Morgan fingerprint density at radius 1 is 1.07 bits per heavy atom. The highest BCUT2D eigenvalue weighted by Crippen LogP contribution is 2.28. The number of esters is 2. The summed E-state index contributed by atoms with van der Waals surface area (Å²) in [5.74, 6) is -1.15. The number of sulfonamides is 1. The van der Waals surface area contributed by atoms with Crippen LogP contribution in [-0.4, -0.2) is 44.9 Å². The van der Waals surface area contributed by atoms with Gasteiger partial charge < -0.3 is 13.9 Å². The highest BCUT2D eigenvalue weighted by atomic mass is 35.5. The van der Waals surface area contributed by atoms with E-state index in [0.29, 0.717) is 13.1 Å². The van der Waals surface area contributed by atoms with Gasteiger partial charge in [0.15, 0.2) is 0 Å². The molecule has 0 N–H and O–H groups in total. The standard InChI is InChI=1S/C20H22ClNO7S/c1-27-20(24)17-9-7-15(29-17)13-28-19(23)14-6-8-16(21)18(12-14)30(25,26)22-10-4-2-3-5-11-22/h6-9,12H,2-5,10-11,13H2,1H3. The zero-order chi connectivity index (χ0) is 21.7. The molecule has 2 heterocycles. The molecule has 0 bridgehead atoms. The fraction of sp³-hybridized carbons (Fsp3) is 0.400. The molecule has 30 heavy (non-hydrogen) atoms. The van der Waals surface area contributed by atoms with E-state index in [0.717, 1.165) is 25.7 Å². The summed E-state index contributed by atoms with van der Waals surface area (Å²) in [6, 6.07) is 6.88. The molecule has 1 fully saturated rings. The highest BCUT2D eigenvalue weighted by molar-refractivity contribution is 7.89. The molecule has 1 aliphatic rings. The van der Waals surface area contributed by atoms with E-state index >= 15 is 0 Å². The Labute approximate surface area is 179 Å². The average molecular weight is 456 g/mol. The van der Waals surface area contributed by atoms with Crippen LogP contribution in [0.3, 0.4) is 0 Å². The van der Waals surface area contributed by atoms with Crippen molar-refractivity contribution < 1.29 is 31.9 Å². The van der Waals surface area contributed by atoms with Gasteiger partial charge in [-0.15, -0.1) is 0 Å². The number of ether oxygens (including phenoxy) is 2. The Kier molecular flexibility index (Phi) is 7.17. The minimum absolute atomic E-state index is 0.0131. The number of furan rings is 1. The maximum Gasteiger partial charge on any atom is 0.373 e. The van der Waals surface area contributed by atoms with Crippen LogP contribution in [-0.2, 0) is 26.1 Å². The first-order valence-electron chi connectivity index (χ1n) is 9.47. The van der Waals surface area contributed by atoms with Crippen molar-refractivity contribution in [3.8, 4) is 0 Å². The number of methoxy groups -OCH3 is 1. The van der Waals surface area contributed by atoms with Crippen LogP contribution in [0.1, 0.15) is 52.4 Å². The predicted molar refractivity (Wildman–Crippen MR) is 108 cm³/mol. The number of benzene rings is 1. The molecule has 0 spiro atoms. The molecule has 0 saturated carbocycles. The fourth-order valence-corrected chi connectivity index (χ4v) is 5.15. The molecule has 3 rings (SSSR count). The van der Waals surface area contributed by atoms with E-state index in [1.54, 1.807) is 0 Å². The summed E-state index contributed by atoms with van der Waals surface area (Å²) in [7, 11) is -2.60. The average Bonchev–Trinajstić information content (AvgIpc) is 3.03. The Hall–Kier alpha value is -2.36. The van der Waals surface area contributed by atoms with Gasteiger partial charge in [-0.25, -0.2) is 18.0 Å². The van der Waals surface area contributed by atoms with Crippen molar-refractivity contribution >= 4 is 33.6 Å². The van der Waals surface area contributed by atoms with Gasteiger partial charge >= 0.3 is 11.9 Å². The molecule has 2 aromatic rings. The number of halogens is 1. The van der Waals surface area contributed by atoms with Crippen LogP contribution in [0.5, 0.6) is 0 Å². The Balaban J connectivity index is 1.74. The largest absolute Gasteiger partial charge is 0.463 e. The summed E-state index contributed by atoms with van der Waals surface area (Å²) in [6.45, 7) is 0.620. The van der Waals surface area contributed by atoms with Crippen molar-refractivity contribution in [3.63, 3.8) is 0 Å². The second-order valence-electron chi connectivity index (χ2n) is 6.80. The molecular weight excluding hydrogens is 434 g/mol. The third-order valence-corrected chi connectivity index (χ3v) is 7.12. The van der Waals surface area contributed by atoms with E-state index in [-0.39, 0.29) is 33.6 Å². The minimum Gasteiger partial charge on any atom is -0.463 e. The number of hydrogen-bond acceptors (Lipinski definition) is 7. The van der Waals surface area contributed by atoms with Crippen LogP contribution >= 0.6 is 11.6 Å². The van der Waals surface area contributed by atoms with Gasteiger partial charge in [0.2, 0.25) is 15.8 Å². The van der Waals surface area contributed by atoms with Crippen LogP contribution in [0.15, 0.2) is 39.6 Å². The maximum absolute atomic E-state index is 13.0. The number of carbonyl (C=O) groups excluding carboxylic acids is 2. The molecule has 1 aromatic heterocycles. The van der Waals surface area contributed by atoms with E-state index in [2.05, 4.69) is 4.74 Å². The van der Waals surface area contributed by atoms with Gasteiger partial charge in [0, 0.05) is 13.1 Å². The number of rotatable bonds is 6. The summed E-state index contributed by atoms with van der Waals surface area (Å²) in [5, 5.41) is 0.0459. The molecule has 1 aliphatic heterocycles. The van der Waals surface area contributed by atoms with Gasteiger partial charge in [-0.1, -0.05) is 24.4 Å². The van der Waals surface area contributed by atoms with Crippen LogP contribution in [0, 0.1) is 0 Å². The summed E-state index contributed by atoms with van der Waals surface area (Å²) < 4.78 is 42.4. The second-order valence-corrected chi connectivity index (χ2v) is 9.11. The van der Waals surface area contributed by atoms with Crippen molar-refractivity contribution in [2.75, 3.05) is 20.2 Å². The molecule has 162 valence electrons. The fourth-order valence-electron chi connectivity index (χ4n) is 3.13. The quantitative estimate of drug-likeness (QED) is 0.612. The molecule has 0 radical (unpaired) electrons. The lowest BCUT2D eigenvalue weighted by molar-refractivity contribution is 0.0438. The van der Waals surface area contributed by atoms with Gasteiger partial charge in [0.05, 0.1) is 17.7 Å². The zero-order valence-electron chi connectivity index (χ0n) is 16.4. The van der Waals surface area contributed by atoms with Gasteiger partial charge in [-0.2, -0.15) is 4.31 Å². The van der Waals surface area contributed by atoms with E-state index in [9.17, 15) is 18.0 Å². The lowest BCUT2D eigenvalue weighted by Crippen LogP contribution is -2.32. The smallest absolute Gasteiger partial charge is 0.373 e. The topological polar surface area (TPSA) is 103 Å². The monoisotopic (exact) mass is 455 g/mol. The molecule has 0 aliphatic carbocycles. The lowest BCUT2D eigenvalue weighted by Gasteiger charge is -2.21. The summed E-state index contributed by atoms with van der Waals surface area (Å²) in [6.07, 6.45) is 3.54. The van der Waals surface area contributed by atoms with Crippen molar-refractivity contribution in [1.29, 1.82) is 0 Å². The molecule has 10 heteroatoms. The van der Waals surface area contributed by atoms with Gasteiger partial charge in [0.1, 0.15) is 17.3 Å². The lowest BCUT2D eigenvalue weighted by atomic mass is 10.2. The van der Waals surface area contributed by atoms with Crippen molar-refractivity contribution in [3.05, 3.63) is 52.4 Å². The van der Waals surface area contributed by atoms with Crippen molar-refractivity contribution in [2.24, 2.45) is 0 Å². The molecule has 0 atom stereocenters. The number of carbonyl (C=O) groups is 2. The summed E-state index contributed by atoms with van der Waals surface area (Å²) >= 11 is 6.15. The van der Waals surface area contributed by atoms with Gasteiger partial charge in [-0.05, 0) is 43.2 Å². The first-order chi connectivity index (χ1) is 14.3. The summed E-state index contributed by atoms with van der Waals surface area (Å²) in [4.78, 5) is 23.7. The first kappa shape index (κ1) is 22.3. The first-order valence-corrected chi connectivity index (χ1v) is 11.3. The van der Waals surface area contributed by atoms with Gasteiger partial charge in [0.25, 0.3) is 0 Å². The number of hydrogen-bond donors (Lipinski definition) is 0. The van der Waals surface area contributed by atoms with Gasteiger partial charge in [-0.3, -0.25) is 0 Å². The predicted octanol–water partition coefficient (Wildman–Crippen LogP) is 3.64. The number of nitrogens with zero attached hydrogens (tertiary/aromatic N) is 1. The summed E-state index contributed by atoms with van der Waals surface area (Å²) in [5.41, 5.74) is 0.0487. The third kappa shape index (κ3) is 5.03. The molecule has 0 amide bonds. The molecule has 8 nitrogen and oxygen atoms in total. The van der Waals surface area contributed by atoms with Crippen molar-refractivity contribution in [1.82, 2.24) is 4.31 Å². The Bertz CT molecular complexity index is 1020. The zero-order valence-corrected chi connectivity index (χ0v) is 18.0.